The van der Waals surface area contributed by atoms with Gasteiger partial charge in [0.05, 0.1) is 0 Å². The van der Waals surface area contributed by atoms with Gasteiger partial charge in [-0.15, -0.1) is 0 Å². The third-order valence-corrected chi connectivity index (χ3v) is 5.43. The monoisotopic (exact) mass is 490 g/mol. The molecule has 0 saturated heterocycles. The van der Waals surface area contributed by atoms with E-state index in [1.807, 2.05) is 18.2 Å². The number of hydrogen-bond acceptors (Lipinski definition) is 7. The van der Waals surface area contributed by atoms with Gasteiger partial charge < -0.3 is 21.1 Å². The zero-order chi connectivity index (χ0) is 24.5. The number of rotatable bonds is 11. The fraction of sp³-hybridized carbons (Fsp3) is 0.273. The van der Waals surface area contributed by atoms with Crippen molar-refractivity contribution in [2.75, 3.05) is 23.7 Å². The summed E-state index contributed by atoms with van der Waals surface area (Å²) in [5, 5.41) is 8.47. The number of anilines is 2. The van der Waals surface area contributed by atoms with Crippen LogP contribution in [0.3, 0.4) is 0 Å². The quantitative estimate of drug-likeness (QED) is 0.302. The van der Waals surface area contributed by atoms with E-state index in [-0.39, 0.29) is 34.2 Å². The number of carbonyl (C=O) groups is 2. The van der Waals surface area contributed by atoms with Crippen molar-refractivity contribution in [1.29, 1.82) is 0 Å². The number of nitrogens with zero attached hydrogens (tertiary/aromatic N) is 2. The summed E-state index contributed by atoms with van der Waals surface area (Å²) in [7, 11) is 0. The summed E-state index contributed by atoms with van der Waals surface area (Å²) in [6.45, 7) is 2.18. The first-order valence-electron chi connectivity index (χ1n) is 10.4. The summed E-state index contributed by atoms with van der Waals surface area (Å²) in [5.41, 5.74) is 5.38. The minimum atomic E-state index is -0.879. The van der Waals surface area contributed by atoms with E-state index >= 15 is 0 Å². The molecule has 0 bridgehead atoms. The molecule has 2 heterocycles. The molecule has 180 valence electrons. The molecule has 0 radical (unpaired) electrons. The molecule has 12 heteroatoms. The van der Waals surface area contributed by atoms with Gasteiger partial charge in [-0.3, -0.25) is 10.1 Å². The highest BCUT2D eigenvalue weighted by molar-refractivity contribution is 7.11. The Kier molecular flexibility index (Phi) is 8.68. The van der Waals surface area contributed by atoms with E-state index in [0.717, 1.165) is 35.9 Å². The third-order valence-electron chi connectivity index (χ3n) is 4.69. The number of carbonyl (C=O) groups excluding carboxylic acids is 2. The molecule has 3 rings (SSSR count). The van der Waals surface area contributed by atoms with Crippen LogP contribution in [0.4, 0.5) is 24.4 Å². The predicted octanol–water partition coefficient (Wildman–Crippen LogP) is 3.82. The van der Waals surface area contributed by atoms with Crippen LogP contribution in [0.5, 0.6) is 5.88 Å². The maximum atomic E-state index is 14.0. The van der Waals surface area contributed by atoms with Gasteiger partial charge in [-0.2, -0.15) is 4.37 Å². The number of hydrogen-bond donors (Lipinski definition) is 4. The van der Waals surface area contributed by atoms with Crippen LogP contribution in [0.1, 0.15) is 34.3 Å². The lowest BCUT2D eigenvalue weighted by Crippen LogP contribution is -2.30. The van der Waals surface area contributed by atoms with E-state index in [0.29, 0.717) is 19.5 Å². The number of aromatic nitrogens is 2. The summed E-state index contributed by atoms with van der Waals surface area (Å²) < 4.78 is 37.1. The highest BCUT2D eigenvalue weighted by atomic mass is 32.1. The van der Waals surface area contributed by atoms with Gasteiger partial charge in [-0.05, 0) is 61.1 Å². The van der Waals surface area contributed by atoms with Crippen LogP contribution in [-0.2, 0) is 6.61 Å². The van der Waals surface area contributed by atoms with Gasteiger partial charge in [0.1, 0.15) is 34.6 Å². The van der Waals surface area contributed by atoms with E-state index in [1.165, 1.54) is 6.92 Å². The normalized spacial score (nSPS) is 10.6. The molecule has 0 fully saturated rings. The molecule has 3 aromatic rings. The molecule has 34 heavy (non-hydrogen) atoms. The summed E-state index contributed by atoms with van der Waals surface area (Å²) in [6, 6.07) is 7.11. The first-order valence-corrected chi connectivity index (χ1v) is 11.2. The average Bonchev–Trinajstić information content (AvgIpc) is 3.21. The summed E-state index contributed by atoms with van der Waals surface area (Å²) >= 11 is 0.790. The number of nitrogens with two attached hydrogens (primary N) is 1. The van der Waals surface area contributed by atoms with E-state index in [9.17, 15) is 18.4 Å². The maximum absolute atomic E-state index is 14.0. The van der Waals surface area contributed by atoms with E-state index in [2.05, 4.69) is 25.3 Å². The van der Waals surface area contributed by atoms with Gasteiger partial charge in [-0.25, -0.2) is 18.6 Å². The highest BCUT2D eigenvalue weighted by Crippen LogP contribution is 2.31. The molecule has 0 aliphatic rings. The summed E-state index contributed by atoms with van der Waals surface area (Å²) in [6.07, 6.45) is 3.22. The van der Waals surface area contributed by atoms with Crippen LogP contribution in [-0.4, -0.2) is 34.4 Å². The largest absolute Gasteiger partial charge is 0.471 e. The van der Waals surface area contributed by atoms with Gasteiger partial charge in [0.15, 0.2) is 0 Å². The zero-order valence-corrected chi connectivity index (χ0v) is 19.2. The van der Waals surface area contributed by atoms with Gasteiger partial charge in [0.25, 0.3) is 5.91 Å². The minimum Gasteiger partial charge on any atom is -0.471 e. The van der Waals surface area contributed by atoms with Gasteiger partial charge in [0.2, 0.25) is 5.88 Å². The number of halogens is 2. The zero-order valence-electron chi connectivity index (χ0n) is 18.4. The molecule has 0 saturated carbocycles. The van der Waals surface area contributed by atoms with Crippen LogP contribution in [0, 0.1) is 18.6 Å². The summed E-state index contributed by atoms with van der Waals surface area (Å²) in [5.74, 6) is -1.50. The smallest absolute Gasteiger partial charge is 0.319 e. The first-order chi connectivity index (χ1) is 16.3. The Morgan fingerprint density at radius 2 is 1.94 bits per heavy atom. The predicted molar refractivity (Wildman–Crippen MR) is 125 cm³/mol. The van der Waals surface area contributed by atoms with Crippen LogP contribution < -0.4 is 26.4 Å². The van der Waals surface area contributed by atoms with Gasteiger partial charge >= 0.3 is 6.03 Å². The fourth-order valence-electron chi connectivity index (χ4n) is 2.90. The number of aryl methyl sites for hydroxylation is 1. The van der Waals surface area contributed by atoms with E-state index in [1.54, 1.807) is 6.20 Å². The second-order valence-electron chi connectivity index (χ2n) is 7.27. The number of pyridine rings is 1. The van der Waals surface area contributed by atoms with E-state index in [4.69, 9.17) is 10.5 Å². The lowest BCUT2D eigenvalue weighted by atomic mass is 10.1. The Hall–Kier alpha value is -3.80. The standard InChI is InChI=1S/C22H24F2N6O3S/c1-13-10-16(24)14(11-15(13)23)12-33-20-18(19(25)31)21(34-30-20)29-22(32)28-9-5-4-8-27-17-6-2-3-7-26-17/h2-3,6-7,10-11H,4-5,8-9,12H2,1H3,(H2,25,31)(H,26,27)(H2,28,29,32). The Balaban J connectivity index is 1.48. The molecule has 1 aromatic carbocycles. The molecule has 0 aliphatic heterocycles. The number of unbranched alkanes of at least 4 members (excludes halogenated alkanes) is 1. The number of primary amides is 1. The first kappa shape index (κ1) is 24.8. The third kappa shape index (κ3) is 6.85. The van der Waals surface area contributed by atoms with Crippen LogP contribution in [0.25, 0.3) is 0 Å². The van der Waals surface area contributed by atoms with Crippen molar-refractivity contribution in [3.05, 3.63) is 64.9 Å². The Morgan fingerprint density at radius 1 is 1.15 bits per heavy atom. The van der Waals surface area contributed by atoms with Crippen LogP contribution >= 0.6 is 11.5 Å². The Labute approximate surface area is 198 Å². The molecular formula is C22H24F2N6O3S. The van der Waals surface area contributed by atoms with Crippen molar-refractivity contribution in [2.24, 2.45) is 5.73 Å². The molecule has 0 unspecified atom stereocenters. The van der Waals surface area contributed by atoms with Crippen molar-refractivity contribution >= 4 is 34.3 Å². The topological polar surface area (TPSA) is 131 Å². The van der Waals surface area contributed by atoms with Crippen LogP contribution in [0.2, 0.25) is 0 Å². The second kappa shape index (κ2) is 11.9. The van der Waals surface area contributed by atoms with E-state index < -0.39 is 23.6 Å². The molecule has 2 aromatic heterocycles. The highest BCUT2D eigenvalue weighted by Gasteiger charge is 2.22. The SMILES string of the molecule is Cc1cc(F)c(COc2nsc(NC(=O)NCCCCNc3ccccn3)c2C(N)=O)cc1F. The molecule has 0 aliphatic carbocycles. The summed E-state index contributed by atoms with van der Waals surface area (Å²) in [4.78, 5) is 28.3. The molecule has 9 nitrogen and oxygen atoms in total. The van der Waals surface area contributed by atoms with Crippen molar-refractivity contribution in [2.45, 2.75) is 26.4 Å². The van der Waals surface area contributed by atoms with Crippen molar-refractivity contribution in [3.8, 4) is 5.88 Å². The molecule has 3 amide bonds. The van der Waals surface area contributed by atoms with Crippen molar-refractivity contribution in [3.63, 3.8) is 0 Å². The average molecular weight is 491 g/mol. The minimum absolute atomic E-state index is 0.0451. The lowest BCUT2D eigenvalue weighted by Gasteiger charge is -2.09. The van der Waals surface area contributed by atoms with Gasteiger partial charge in [0, 0.05) is 24.8 Å². The molecular weight excluding hydrogens is 466 g/mol. The molecule has 5 N–H and O–H groups in total. The Morgan fingerprint density at radius 3 is 2.68 bits per heavy atom. The number of amides is 3. The number of ether oxygens (including phenoxy) is 1. The maximum Gasteiger partial charge on any atom is 0.319 e. The van der Waals surface area contributed by atoms with Crippen molar-refractivity contribution < 1.29 is 23.1 Å². The van der Waals surface area contributed by atoms with Gasteiger partial charge in [-0.1, -0.05) is 6.07 Å². The van der Waals surface area contributed by atoms with Crippen molar-refractivity contribution in [1.82, 2.24) is 14.7 Å². The number of benzene rings is 1. The number of urea groups is 1. The second-order valence-corrected chi connectivity index (χ2v) is 8.04. The van der Waals surface area contributed by atoms with Crippen LogP contribution in [0.15, 0.2) is 36.5 Å². The lowest BCUT2D eigenvalue weighted by molar-refractivity contribution is 0.0996. The molecule has 0 spiro atoms. The Bertz CT molecular complexity index is 1140. The fourth-order valence-corrected chi connectivity index (χ4v) is 3.64. The molecule has 0 atom stereocenters. The number of nitrogens with one attached hydrogen (secondary N) is 3.